The van der Waals surface area contributed by atoms with Crippen LogP contribution < -0.4 is 15.5 Å². The van der Waals surface area contributed by atoms with Gasteiger partial charge in [-0.2, -0.15) is 0 Å². The average molecular weight is 275 g/mol. The third-order valence-electron chi connectivity index (χ3n) is 3.93. The summed E-state index contributed by atoms with van der Waals surface area (Å²) in [6, 6.07) is 10.5. The van der Waals surface area contributed by atoms with E-state index in [1.807, 2.05) is 20.0 Å². The van der Waals surface area contributed by atoms with Gasteiger partial charge in [0.05, 0.1) is 0 Å². The molecule has 1 amide bonds. The standard InChI is InChI=1S/C16H25N3O/c1-13(10-17-2)16(20)18-11-14-8-9-19(12-14)15-6-4-3-5-7-15/h3-7,13-14,17H,8-12H2,1-2H3,(H,18,20). The number of hydrogen-bond acceptors (Lipinski definition) is 3. The first kappa shape index (κ1) is 14.9. The van der Waals surface area contributed by atoms with Crippen LogP contribution in [-0.2, 0) is 4.79 Å². The number of anilines is 1. The Morgan fingerprint density at radius 3 is 2.85 bits per heavy atom. The summed E-state index contributed by atoms with van der Waals surface area (Å²) < 4.78 is 0. The van der Waals surface area contributed by atoms with Gasteiger partial charge in [0, 0.05) is 37.8 Å². The van der Waals surface area contributed by atoms with Crippen LogP contribution >= 0.6 is 0 Å². The number of benzene rings is 1. The van der Waals surface area contributed by atoms with Crippen molar-refractivity contribution in [1.29, 1.82) is 0 Å². The van der Waals surface area contributed by atoms with E-state index in [1.54, 1.807) is 0 Å². The molecule has 2 unspecified atom stereocenters. The Kier molecular flexibility index (Phi) is 5.41. The van der Waals surface area contributed by atoms with Crippen LogP contribution in [0, 0.1) is 11.8 Å². The molecule has 1 aliphatic heterocycles. The van der Waals surface area contributed by atoms with E-state index < -0.39 is 0 Å². The fourth-order valence-electron chi connectivity index (χ4n) is 2.69. The predicted molar refractivity (Wildman–Crippen MR) is 82.9 cm³/mol. The molecule has 1 aromatic carbocycles. The number of carbonyl (C=O) groups excluding carboxylic acids is 1. The minimum Gasteiger partial charge on any atom is -0.371 e. The minimum atomic E-state index is 0.0339. The summed E-state index contributed by atoms with van der Waals surface area (Å²) in [6.07, 6.45) is 1.15. The molecule has 2 rings (SSSR count). The Bertz CT molecular complexity index is 421. The van der Waals surface area contributed by atoms with Gasteiger partial charge in [-0.15, -0.1) is 0 Å². The Morgan fingerprint density at radius 1 is 1.40 bits per heavy atom. The molecule has 0 aliphatic carbocycles. The predicted octanol–water partition coefficient (Wildman–Crippen LogP) is 1.48. The van der Waals surface area contributed by atoms with E-state index in [0.717, 1.165) is 32.6 Å². The maximum atomic E-state index is 11.9. The molecule has 0 saturated carbocycles. The van der Waals surface area contributed by atoms with Crippen LogP contribution in [0.3, 0.4) is 0 Å². The van der Waals surface area contributed by atoms with Crippen LogP contribution in [0.2, 0.25) is 0 Å². The lowest BCUT2D eigenvalue weighted by Gasteiger charge is -2.19. The molecule has 0 radical (unpaired) electrons. The molecule has 2 N–H and O–H groups in total. The van der Waals surface area contributed by atoms with Crippen molar-refractivity contribution in [2.45, 2.75) is 13.3 Å². The maximum Gasteiger partial charge on any atom is 0.224 e. The van der Waals surface area contributed by atoms with Gasteiger partial charge >= 0.3 is 0 Å². The molecule has 110 valence electrons. The summed E-state index contributed by atoms with van der Waals surface area (Å²) in [5.74, 6) is 0.741. The normalized spacial score (nSPS) is 19.9. The number of hydrogen-bond donors (Lipinski definition) is 2. The number of rotatable bonds is 6. The highest BCUT2D eigenvalue weighted by molar-refractivity contribution is 5.78. The van der Waals surface area contributed by atoms with Crippen molar-refractivity contribution in [1.82, 2.24) is 10.6 Å². The largest absolute Gasteiger partial charge is 0.371 e. The monoisotopic (exact) mass is 275 g/mol. The van der Waals surface area contributed by atoms with Gasteiger partial charge in [-0.1, -0.05) is 25.1 Å². The second kappa shape index (κ2) is 7.29. The molecule has 1 aromatic rings. The summed E-state index contributed by atoms with van der Waals surface area (Å²) in [7, 11) is 1.87. The van der Waals surface area contributed by atoms with E-state index in [9.17, 15) is 4.79 Å². The van der Waals surface area contributed by atoms with Gasteiger partial charge in [0.25, 0.3) is 0 Å². The lowest BCUT2D eigenvalue weighted by molar-refractivity contribution is -0.124. The fourth-order valence-corrected chi connectivity index (χ4v) is 2.69. The van der Waals surface area contributed by atoms with E-state index in [0.29, 0.717) is 5.92 Å². The van der Waals surface area contributed by atoms with Crippen LogP contribution in [0.5, 0.6) is 0 Å². The molecule has 20 heavy (non-hydrogen) atoms. The molecule has 1 fully saturated rings. The Morgan fingerprint density at radius 2 is 2.15 bits per heavy atom. The number of carbonyl (C=O) groups is 1. The van der Waals surface area contributed by atoms with Crippen molar-refractivity contribution in [2.75, 3.05) is 38.1 Å². The lowest BCUT2D eigenvalue weighted by atomic mass is 10.1. The zero-order chi connectivity index (χ0) is 14.4. The summed E-state index contributed by atoms with van der Waals surface area (Å²) in [5, 5.41) is 6.11. The average Bonchev–Trinajstić information content (AvgIpc) is 2.95. The van der Waals surface area contributed by atoms with Gasteiger partial charge < -0.3 is 15.5 Å². The molecule has 1 heterocycles. The third kappa shape index (κ3) is 3.97. The molecule has 0 spiro atoms. The molecule has 1 aliphatic rings. The van der Waals surface area contributed by atoms with Crippen molar-refractivity contribution < 1.29 is 4.79 Å². The van der Waals surface area contributed by atoms with Crippen LogP contribution in [0.1, 0.15) is 13.3 Å². The summed E-state index contributed by atoms with van der Waals surface area (Å²) >= 11 is 0. The Balaban J connectivity index is 1.75. The molecular weight excluding hydrogens is 250 g/mol. The van der Waals surface area contributed by atoms with Gasteiger partial charge in [0.15, 0.2) is 0 Å². The van der Waals surface area contributed by atoms with Crippen molar-refractivity contribution >= 4 is 11.6 Å². The number of nitrogens with one attached hydrogen (secondary N) is 2. The topological polar surface area (TPSA) is 44.4 Å². The van der Waals surface area contributed by atoms with Gasteiger partial charge in [0.2, 0.25) is 5.91 Å². The second-order valence-corrected chi connectivity index (χ2v) is 5.64. The first-order valence-corrected chi connectivity index (χ1v) is 7.43. The second-order valence-electron chi connectivity index (χ2n) is 5.64. The van der Waals surface area contributed by atoms with E-state index in [4.69, 9.17) is 0 Å². The zero-order valence-corrected chi connectivity index (χ0v) is 12.4. The molecule has 0 bridgehead atoms. The van der Waals surface area contributed by atoms with Crippen LogP contribution in [0.4, 0.5) is 5.69 Å². The van der Waals surface area contributed by atoms with Crippen molar-refractivity contribution in [3.63, 3.8) is 0 Å². The molecule has 2 atom stereocenters. The number of amides is 1. The van der Waals surface area contributed by atoms with Crippen molar-refractivity contribution in [2.24, 2.45) is 11.8 Å². The Labute approximate surface area is 121 Å². The summed E-state index contributed by atoms with van der Waals surface area (Å²) in [5.41, 5.74) is 1.28. The quantitative estimate of drug-likeness (QED) is 0.826. The fraction of sp³-hybridized carbons (Fsp3) is 0.562. The first-order chi connectivity index (χ1) is 9.70. The van der Waals surface area contributed by atoms with Crippen LogP contribution in [0.25, 0.3) is 0 Å². The minimum absolute atomic E-state index is 0.0339. The van der Waals surface area contributed by atoms with Gasteiger partial charge in [0.1, 0.15) is 0 Å². The zero-order valence-electron chi connectivity index (χ0n) is 12.4. The van der Waals surface area contributed by atoms with Crippen LogP contribution in [0.15, 0.2) is 30.3 Å². The number of nitrogens with zero attached hydrogens (tertiary/aromatic N) is 1. The smallest absolute Gasteiger partial charge is 0.224 e. The molecule has 0 aromatic heterocycles. The van der Waals surface area contributed by atoms with E-state index in [-0.39, 0.29) is 11.8 Å². The first-order valence-electron chi connectivity index (χ1n) is 7.43. The third-order valence-corrected chi connectivity index (χ3v) is 3.93. The van der Waals surface area contributed by atoms with Gasteiger partial charge in [-0.05, 0) is 31.5 Å². The summed E-state index contributed by atoms with van der Waals surface area (Å²) in [4.78, 5) is 14.3. The Hall–Kier alpha value is -1.55. The highest BCUT2D eigenvalue weighted by atomic mass is 16.1. The highest BCUT2D eigenvalue weighted by Gasteiger charge is 2.23. The molecular formula is C16H25N3O. The van der Waals surface area contributed by atoms with E-state index in [2.05, 4.69) is 39.8 Å². The van der Waals surface area contributed by atoms with E-state index >= 15 is 0 Å². The van der Waals surface area contributed by atoms with E-state index in [1.165, 1.54) is 5.69 Å². The van der Waals surface area contributed by atoms with Crippen LogP contribution in [-0.4, -0.2) is 39.1 Å². The number of para-hydroxylation sites is 1. The summed E-state index contributed by atoms with van der Waals surface area (Å²) in [6.45, 7) is 5.58. The van der Waals surface area contributed by atoms with Gasteiger partial charge in [-0.3, -0.25) is 4.79 Å². The SMILES string of the molecule is CNCC(C)C(=O)NCC1CCN(c2ccccc2)C1. The molecule has 4 nitrogen and oxygen atoms in total. The molecule has 1 saturated heterocycles. The lowest BCUT2D eigenvalue weighted by Crippen LogP contribution is -2.37. The highest BCUT2D eigenvalue weighted by Crippen LogP contribution is 2.22. The maximum absolute atomic E-state index is 11.9. The van der Waals surface area contributed by atoms with Crippen molar-refractivity contribution in [3.05, 3.63) is 30.3 Å². The molecule has 4 heteroatoms. The van der Waals surface area contributed by atoms with Crippen molar-refractivity contribution in [3.8, 4) is 0 Å². The van der Waals surface area contributed by atoms with Gasteiger partial charge in [-0.25, -0.2) is 0 Å².